The van der Waals surface area contributed by atoms with Gasteiger partial charge < -0.3 is 10.1 Å². The molecule has 2 rings (SSSR count). The summed E-state index contributed by atoms with van der Waals surface area (Å²) in [6.07, 6.45) is 3.55. The Bertz CT molecular complexity index is 563. The lowest BCUT2D eigenvalue weighted by molar-refractivity contribution is 0.413. The largest absolute Gasteiger partial charge is 0.493 e. The maximum Gasteiger partial charge on any atom is 0.156 e. The molecule has 1 aromatic heterocycles. The highest BCUT2D eigenvalue weighted by atomic mass is 79.9. The van der Waals surface area contributed by atoms with Crippen LogP contribution in [-0.2, 0) is 0 Å². The first-order chi connectivity index (χ1) is 9.11. The van der Waals surface area contributed by atoms with Gasteiger partial charge in [-0.2, -0.15) is 0 Å². The zero-order chi connectivity index (χ0) is 13.8. The predicted octanol–water partition coefficient (Wildman–Crippen LogP) is 4.68. The molecule has 0 aliphatic carbocycles. The summed E-state index contributed by atoms with van der Waals surface area (Å²) in [6.45, 7) is 2.07. The van der Waals surface area contributed by atoms with Crippen LogP contribution in [-0.4, -0.2) is 12.1 Å². The molecule has 1 heterocycles. The van der Waals surface area contributed by atoms with Gasteiger partial charge in [-0.25, -0.2) is 0 Å². The third-order valence-corrected chi connectivity index (χ3v) is 3.60. The first kappa shape index (κ1) is 14.2. The van der Waals surface area contributed by atoms with Crippen LogP contribution < -0.4 is 10.1 Å². The number of benzene rings is 1. The topological polar surface area (TPSA) is 34.1 Å². The van der Waals surface area contributed by atoms with Gasteiger partial charge in [0.25, 0.3) is 0 Å². The summed E-state index contributed by atoms with van der Waals surface area (Å²) in [5.41, 5.74) is 2.00. The van der Waals surface area contributed by atoms with Gasteiger partial charge >= 0.3 is 0 Å². The average molecular weight is 342 g/mol. The first-order valence-corrected chi connectivity index (χ1v) is 6.98. The Kier molecular flexibility index (Phi) is 4.66. The molecule has 1 atom stereocenters. The zero-order valence-electron chi connectivity index (χ0n) is 10.7. The SMILES string of the molecule is COc1c(Br)cc(Cl)cc1NC(C)c1ccncc1. The van der Waals surface area contributed by atoms with E-state index in [1.54, 1.807) is 19.5 Å². The van der Waals surface area contributed by atoms with Crippen molar-refractivity contribution in [3.63, 3.8) is 0 Å². The molecule has 5 heteroatoms. The Morgan fingerprint density at radius 2 is 2.00 bits per heavy atom. The second-order valence-electron chi connectivity index (χ2n) is 4.11. The van der Waals surface area contributed by atoms with E-state index in [4.69, 9.17) is 16.3 Å². The monoisotopic (exact) mass is 340 g/mol. The molecule has 0 aliphatic heterocycles. The average Bonchev–Trinajstić information content (AvgIpc) is 2.39. The van der Waals surface area contributed by atoms with Crippen molar-refractivity contribution in [2.45, 2.75) is 13.0 Å². The molecule has 1 N–H and O–H groups in total. The Balaban J connectivity index is 2.28. The van der Waals surface area contributed by atoms with Crippen LogP contribution in [0.25, 0.3) is 0 Å². The van der Waals surface area contributed by atoms with Crippen molar-refractivity contribution < 1.29 is 4.74 Å². The summed E-state index contributed by atoms with van der Waals surface area (Å²) < 4.78 is 6.21. The molecule has 1 aromatic carbocycles. The van der Waals surface area contributed by atoms with Crippen molar-refractivity contribution in [2.24, 2.45) is 0 Å². The van der Waals surface area contributed by atoms with Gasteiger partial charge in [0.15, 0.2) is 5.75 Å². The van der Waals surface area contributed by atoms with Gasteiger partial charge in [-0.05, 0) is 52.7 Å². The van der Waals surface area contributed by atoms with Crippen molar-refractivity contribution in [1.82, 2.24) is 4.98 Å². The molecule has 0 radical (unpaired) electrons. The number of hydrogen-bond acceptors (Lipinski definition) is 3. The highest BCUT2D eigenvalue weighted by Gasteiger charge is 2.12. The number of anilines is 1. The van der Waals surface area contributed by atoms with E-state index in [0.29, 0.717) is 5.02 Å². The molecule has 0 amide bonds. The van der Waals surface area contributed by atoms with Gasteiger partial charge in [0.1, 0.15) is 0 Å². The molecule has 3 nitrogen and oxygen atoms in total. The lowest BCUT2D eigenvalue weighted by atomic mass is 10.1. The predicted molar refractivity (Wildman–Crippen MR) is 82.0 cm³/mol. The lowest BCUT2D eigenvalue weighted by Gasteiger charge is -2.19. The van der Waals surface area contributed by atoms with Gasteiger partial charge in [-0.3, -0.25) is 4.98 Å². The molecule has 0 saturated heterocycles. The summed E-state index contributed by atoms with van der Waals surface area (Å²) in [5.74, 6) is 0.741. The minimum absolute atomic E-state index is 0.127. The van der Waals surface area contributed by atoms with Gasteiger partial charge in [0.05, 0.1) is 17.3 Å². The Labute approximate surface area is 126 Å². The van der Waals surface area contributed by atoms with Crippen LogP contribution in [0, 0.1) is 0 Å². The third kappa shape index (κ3) is 3.39. The van der Waals surface area contributed by atoms with Crippen LogP contribution >= 0.6 is 27.5 Å². The summed E-state index contributed by atoms with van der Waals surface area (Å²) in [5, 5.41) is 4.04. The maximum absolute atomic E-state index is 6.07. The van der Waals surface area contributed by atoms with Crippen LogP contribution in [0.3, 0.4) is 0 Å². The van der Waals surface area contributed by atoms with E-state index in [1.807, 2.05) is 24.3 Å². The molecule has 1 unspecified atom stereocenters. The lowest BCUT2D eigenvalue weighted by Crippen LogP contribution is -2.08. The molecule has 0 bridgehead atoms. The summed E-state index contributed by atoms with van der Waals surface area (Å²) >= 11 is 9.52. The Morgan fingerprint density at radius 3 is 2.63 bits per heavy atom. The number of ether oxygens (including phenoxy) is 1. The number of rotatable bonds is 4. The molecule has 0 saturated carbocycles. The number of halogens is 2. The normalized spacial score (nSPS) is 12.0. The van der Waals surface area contributed by atoms with E-state index < -0.39 is 0 Å². The smallest absolute Gasteiger partial charge is 0.156 e. The third-order valence-electron chi connectivity index (χ3n) is 2.79. The molecule has 100 valence electrons. The van der Waals surface area contributed by atoms with E-state index in [1.165, 1.54) is 0 Å². The minimum atomic E-state index is 0.127. The van der Waals surface area contributed by atoms with Gasteiger partial charge in [-0.15, -0.1) is 0 Å². The number of aromatic nitrogens is 1. The van der Waals surface area contributed by atoms with Gasteiger partial charge in [0.2, 0.25) is 0 Å². The Morgan fingerprint density at radius 1 is 1.32 bits per heavy atom. The van der Waals surface area contributed by atoms with Crippen molar-refractivity contribution in [2.75, 3.05) is 12.4 Å². The highest BCUT2D eigenvalue weighted by molar-refractivity contribution is 9.10. The molecule has 2 aromatic rings. The summed E-state index contributed by atoms with van der Waals surface area (Å²) in [4.78, 5) is 4.02. The molecule has 19 heavy (non-hydrogen) atoms. The number of nitrogens with zero attached hydrogens (tertiary/aromatic N) is 1. The molecular weight excluding hydrogens is 328 g/mol. The van der Waals surface area contributed by atoms with Crippen LogP contribution in [0.2, 0.25) is 5.02 Å². The van der Waals surface area contributed by atoms with E-state index >= 15 is 0 Å². The summed E-state index contributed by atoms with van der Waals surface area (Å²) in [7, 11) is 1.64. The number of hydrogen-bond donors (Lipinski definition) is 1. The fourth-order valence-corrected chi connectivity index (χ4v) is 2.82. The summed E-state index contributed by atoms with van der Waals surface area (Å²) in [6, 6.07) is 7.74. The van der Waals surface area contributed by atoms with Crippen LogP contribution in [0.1, 0.15) is 18.5 Å². The Hall–Kier alpha value is -1.26. The van der Waals surface area contributed by atoms with E-state index in [2.05, 4.69) is 33.2 Å². The van der Waals surface area contributed by atoms with Crippen molar-refractivity contribution in [3.8, 4) is 5.75 Å². The maximum atomic E-state index is 6.07. The quantitative estimate of drug-likeness (QED) is 0.877. The van der Waals surface area contributed by atoms with Crippen LogP contribution in [0.15, 0.2) is 41.1 Å². The number of pyridine rings is 1. The van der Waals surface area contributed by atoms with E-state index in [0.717, 1.165) is 21.5 Å². The standard InChI is InChI=1S/C14H14BrClN2O/c1-9(10-3-5-17-6-4-10)18-13-8-11(16)7-12(15)14(13)19-2/h3-9,18H,1-2H3. The van der Waals surface area contributed by atoms with Gasteiger partial charge in [0, 0.05) is 23.5 Å². The fourth-order valence-electron chi connectivity index (χ4n) is 1.84. The molecular formula is C14H14BrClN2O. The second kappa shape index (κ2) is 6.26. The van der Waals surface area contributed by atoms with E-state index in [-0.39, 0.29) is 6.04 Å². The van der Waals surface area contributed by atoms with Crippen molar-refractivity contribution in [1.29, 1.82) is 0 Å². The number of nitrogens with one attached hydrogen (secondary N) is 1. The fraction of sp³-hybridized carbons (Fsp3) is 0.214. The number of methoxy groups -OCH3 is 1. The molecule has 0 spiro atoms. The van der Waals surface area contributed by atoms with Crippen LogP contribution in [0.5, 0.6) is 5.75 Å². The van der Waals surface area contributed by atoms with Crippen molar-refractivity contribution >= 4 is 33.2 Å². The highest BCUT2D eigenvalue weighted by Crippen LogP contribution is 2.37. The minimum Gasteiger partial charge on any atom is -0.493 e. The zero-order valence-corrected chi connectivity index (χ0v) is 13.0. The van der Waals surface area contributed by atoms with Crippen molar-refractivity contribution in [3.05, 3.63) is 51.7 Å². The molecule has 0 fully saturated rings. The molecule has 0 aliphatic rings. The first-order valence-electron chi connectivity index (χ1n) is 5.81. The van der Waals surface area contributed by atoms with Gasteiger partial charge in [-0.1, -0.05) is 11.6 Å². The second-order valence-corrected chi connectivity index (χ2v) is 5.41. The van der Waals surface area contributed by atoms with E-state index in [9.17, 15) is 0 Å². The van der Waals surface area contributed by atoms with Crippen LogP contribution in [0.4, 0.5) is 5.69 Å².